The third-order valence-electron chi connectivity index (χ3n) is 5.70. The van der Waals surface area contributed by atoms with Gasteiger partial charge in [0.25, 0.3) is 16.3 Å². The van der Waals surface area contributed by atoms with Gasteiger partial charge in [-0.15, -0.1) is 5.10 Å². The zero-order valence-electron chi connectivity index (χ0n) is 18.9. The number of rotatable bonds is 5. The molecular weight excluding hydrogens is 558 g/mol. The van der Waals surface area contributed by atoms with Crippen LogP contribution in [-0.4, -0.2) is 47.6 Å². The number of carbonyl (C=O) groups is 2. The number of nitrogens with zero attached hydrogens (tertiary/aromatic N) is 5. The van der Waals surface area contributed by atoms with Crippen molar-refractivity contribution in [3.05, 3.63) is 51.2 Å². The average Bonchev–Trinajstić information content (AvgIpc) is 3.19. The van der Waals surface area contributed by atoms with Crippen molar-refractivity contribution in [1.29, 1.82) is 0 Å². The lowest BCUT2D eigenvalue weighted by atomic mass is 10.1. The third-order valence-corrected chi connectivity index (χ3v) is 7.50. The molecule has 4 heterocycles. The van der Waals surface area contributed by atoms with Crippen LogP contribution < -0.4 is 20.3 Å². The van der Waals surface area contributed by atoms with Gasteiger partial charge in [0.05, 0.1) is 17.0 Å². The Bertz CT molecular complexity index is 1680. The van der Waals surface area contributed by atoms with E-state index in [1.54, 1.807) is 0 Å². The molecular formula is C21H18BrN7O6S. The Balaban J connectivity index is 1.61. The molecule has 5 rings (SSSR count). The number of amides is 2. The second-order valence-corrected chi connectivity index (χ2v) is 10.5. The third kappa shape index (κ3) is 3.94. The van der Waals surface area contributed by atoms with Crippen LogP contribution in [0, 0.1) is 6.92 Å². The van der Waals surface area contributed by atoms with Gasteiger partial charge in [-0.05, 0) is 41.4 Å². The van der Waals surface area contributed by atoms with Crippen molar-refractivity contribution in [2.45, 2.75) is 30.7 Å². The lowest BCUT2D eigenvalue weighted by molar-refractivity contribution is -0.135. The number of hydrogen-bond acceptors (Lipinski definition) is 9. The molecule has 1 aliphatic rings. The van der Waals surface area contributed by atoms with Crippen molar-refractivity contribution >= 4 is 60.4 Å². The fraction of sp³-hybridized carbons (Fsp3) is 0.238. The molecule has 0 bridgehead atoms. The maximum atomic E-state index is 13.5. The van der Waals surface area contributed by atoms with E-state index in [-0.39, 0.29) is 51.7 Å². The van der Waals surface area contributed by atoms with Gasteiger partial charge in [0, 0.05) is 18.8 Å². The largest absolute Gasteiger partial charge is 0.588 e. The van der Waals surface area contributed by atoms with Gasteiger partial charge in [-0.1, -0.05) is 10.3 Å². The Hall–Kier alpha value is -3.69. The summed E-state index contributed by atoms with van der Waals surface area (Å²) in [4.78, 5) is 45.6. The summed E-state index contributed by atoms with van der Waals surface area (Å²) in [6.07, 6.45) is 3.20. The zero-order valence-corrected chi connectivity index (χ0v) is 21.3. The molecule has 186 valence electrons. The van der Waals surface area contributed by atoms with E-state index >= 15 is 0 Å². The first kappa shape index (κ1) is 24.0. The maximum absolute atomic E-state index is 13.5. The summed E-state index contributed by atoms with van der Waals surface area (Å²) in [5.74, 6) is -0.974. The molecule has 2 amide bonds. The highest BCUT2D eigenvalue weighted by atomic mass is 79.9. The van der Waals surface area contributed by atoms with Crippen LogP contribution in [0.2, 0.25) is 0 Å². The molecule has 36 heavy (non-hydrogen) atoms. The van der Waals surface area contributed by atoms with E-state index in [0.29, 0.717) is 4.47 Å². The Kier molecular flexibility index (Phi) is 5.84. The number of halogens is 1. The monoisotopic (exact) mass is 575 g/mol. The topological polar surface area (TPSA) is 173 Å². The van der Waals surface area contributed by atoms with Gasteiger partial charge in [0.2, 0.25) is 17.5 Å². The molecule has 1 aromatic carbocycles. The molecule has 0 spiro atoms. The van der Waals surface area contributed by atoms with Crippen LogP contribution in [0.4, 0.5) is 5.69 Å². The molecule has 2 N–H and O–H groups in total. The molecule has 0 aliphatic carbocycles. The Morgan fingerprint density at radius 2 is 2.08 bits per heavy atom. The van der Waals surface area contributed by atoms with Crippen LogP contribution in [0.1, 0.15) is 24.7 Å². The van der Waals surface area contributed by atoms with Gasteiger partial charge in [0.1, 0.15) is 23.1 Å². The maximum Gasteiger partial charge on any atom is 0.294 e. The van der Waals surface area contributed by atoms with Gasteiger partial charge >= 0.3 is 0 Å². The predicted molar refractivity (Wildman–Crippen MR) is 130 cm³/mol. The molecule has 2 unspecified atom stereocenters. The minimum Gasteiger partial charge on any atom is -0.588 e. The molecule has 1 saturated heterocycles. The molecule has 2 atom stereocenters. The second-order valence-electron chi connectivity index (χ2n) is 7.99. The number of piperidine rings is 1. The number of aryl methyl sites for hydroxylation is 1. The van der Waals surface area contributed by atoms with Gasteiger partial charge in [-0.3, -0.25) is 24.3 Å². The highest BCUT2D eigenvalue weighted by molar-refractivity contribution is 9.10. The molecule has 13 nitrogen and oxygen atoms in total. The van der Waals surface area contributed by atoms with Crippen molar-refractivity contribution in [3.8, 4) is 5.88 Å². The normalized spacial score (nSPS) is 17.7. The van der Waals surface area contributed by atoms with Gasteiger partial charge < -0.3 is 9.29 Å². The standard InChI is InChI=1S/C21H18BrN7O6S/c1-10-24-16-12(21(32)29(10)14-6-7-15(30)25-19(14)31)4-3-5-13(16)27-36(33,34)17-18-23-8-11(22)9-28(18)26-20(17)35-2/h3-5,8-9,14H,6-7H2,1-2H3,(H2-,25,27,30,31,33,34). The number of nitrogens with one attached hydrogen (secondary N) is 2. The number of carbonyl (C=O) groups excluding carboxylic acids is 2. The molecule has 0 radical (unpaired) electrons. The van der Waals surface area contributed by atoms with Crippen LogP contribution in [0.25, 0.3) is 16.6 Å². The Morgan fingerprint density at radius 1 is 1.31 bits per heavy atom. The lowest BCUT2D eigenvalue weighted by Gasteiger charge is -2.24. The van der Waals surface area contributed by atoms with Crippen molar-refractivity contribution < 1.29 is 23.1 Å². The summed E-state index contributed by atoms with van der Waals surface area (Å²) in [6.45, 7) is 1.53. The molecule has 15 heteroatoms. The molecule has 3 aromatic heterocycles. The smallest absolute Gasteiger partial charge is 0.294 e. The SMILES string of the molecule is COc1nn2cc(Br)cnc2c1[S+](=O)([O-])Nc1cccc2c(=O)n(C3CCC(=O)NC3=O)c(C)nc12. The van der Waals surface area contributed by atoms with Gasteiger partial charge in [-0.25, -0.2) is 19.2 Å². The minimum atomic E-state index is -4.30. The lowest BCUT2D eigenvalue weighted by Crippen LogP contribution is -2.45. The van der Waals surface area contributed by atoms with E-state index < -0.39 is 33.8 Å². The summed E-state index contributed by atoms with van der Waals surface area (Å²) < 4.78 is 37.6. The zero-order chi connectivity index (χ0) is 25.8. The summed E-state index contributed by atoms with van der Waals surface area (Å²) >= 11 is 3.26. The van der Waals surface area contributed by atoms with E-state index in [9.17, 15) is 23.1 Å². The summed E-state index contributed by atoms with van der Waals surface area (Å²) in [5.41, 5.74) is -0.361. The number of anilines is 1. The van der Waals surface area contributed by atoms with E-state index in [0.717, 1.165) is 0 Å². The van der Waals surface area contributed by atoms with Crippen LogP contribution in [0.3, 0.4) is 0 Å². The van der Waals surface area contributed by atoms with Crippen LogP contribution in [0.5, 0.6) is 5.88 Å². The number of para-hydroxylation sites is 1. The van der Waals surface area contributed by atoms with Crippen molar-refractivity contribution in [2.75, 3.05) is 11.8 Å². The Morgan fingerprint density at radius 3 is 2.81 bits per heavy atom. The van der Waals surface area contributed by atoms with E-state index in [4.69, 9.17) is 4.74 Å². The summed E-state index contributed by atoms with van der Waals surface area (Å²) in [6, 6.07) is 3.54. The molecule has 0 saturated carbocycles. The predicted octanol–water partition coefficient (Wildman–Crippen LogP) is 1.51. The number of methoxy groups -OCH3 is 1. The summed E-state index contributed by atoms with van der Waals surface area (Å²) in [5, 5.41) is 6.45. The number of benzene rings is 1. The van der Waals surface area contributed by atoms with Crippen molar-refractivity contribution in [3.63, 3.8) is 0 Å². The first-order chi connectivity index (χ1) is 17.1. The fourth-order valence-electron chi connectivity index (χ4n) is 4.14. The number of ether oxygens (including phenoxy) is 1. The number of sulfonamides is 1. The Labute approximate surface area is 212 Å². The number of imide groups is 1. The van der Waals surface area contributed by atoms with Gasteiger partial charge in [0.15, 0.2) is 10.4 Å². The molecule has 1 aliphatic heterocycles. The molecule has 1 fully saturated rings. The quantitative estimate of drug-likeness (QED) is 0.264. The number of hydrogen-bond donors (Lipinski definition) is 2. The fourth-order valence-corrected chi connectivity index (χ4v) is 5.74. The molecule has 4 aromatic rings. The van der Waals surface area contributed by atoms with E-state index in [2.05, 4.69) is 41.0 Å². The van der Waals surface area contributed by atoms with Crippen molar-refractivity contribution in [1.82, 2.24) is 29.5 Å². The van der Waals surface area contributed by atoms with E-state index in [1.807, 2.05) is 0 Å². The average molecular weight is 576 g/mol. The highest BCUT2D eigenvalue weighted by Crippen LogP contribution is 2.33. The van der Waals surface area contributed by atoms with Crippen molar-refractivity contribution in [2.24, 2.45) is 0 Å². The van der Waals surface area contributed by atoms with Crippen LogP contribution in [0.15, 0.2) is 44.8 Å². The first-order valence-electron chi connectivity index (χ1n) is 10.6. The minimum absolute atomic E-state index is 0.0344. The van der Waals surface area contributed by atoms with Crippen LogP contribution in [-0.2, 0) is 24.2 Å². The van der Waals surface area contributed by atoms with Gasteiger partial charge in [-0.2, -0.15) is 0 Å². The number of aromatic nitrogens is 5. The van der Waals surface area contributed by atoms with Crippen LogP contribution >= 0.6 is 15.9 Å². The second kappa shape index (κ2) is 8.76. The highest BCUT2D eigenvalue weighted by Gasteiger charge is 2.35. The van der Waals surface area contributed by atoms with E-state index in [1.165, 1.54) is 53.7 Å². The summed E-state index contributed by atoms with van der Waals surface area (Å²) in [7, 11) is -3.01. The number of fused-ring (bicyclic) bond motifs is 2. The first-order valence-corrected chi connectivity index (χ1v) is 12.8.